The summed E-state index contributed by atoms with van der Waals surface area (Å²) in [5, 5.41) is 7.71. The molecule has 1 heterocycles. The van der Waals surface area contributed by atoms with Crippen molar-refractivity contribution < 1.29 is 9.59 Å². The van der Waals surface area contributed by atoms with Crippen molar-refractivity contribution in [3.63, 3.8) is 0 Å². The van der Waals surface area contributed by atoms with Crippen LogP contribution in [0.4, 0.5) is 5.82 Å². The van der Waals surface area contributed by atoms with E-state index in [2.05, 4.69) is 26.1 Å². The molecule has 1 aromatic carbocycles. The van der Waals surface area contributed by atoms with E-state index in [0.717, 1.165) is 30.6 Å². The molecule has 0 spiro atoms. The third kappa shape index (κ3) is 4.86. The van der Waals surface area contributed by atoms with Crippen molar-refractivity contribution in [1.82, 2.24) is 14.7 Å². The van der Waals surface area contributed by atoms with Crippen molar-refractivity contribution >= 4 is 17.6 Å². The van der Waals surface area contributed by atoms with Crippen LogP contribution in [0.15, 0.2) is 36.4 Å². The van der Waals surface area contributed by atoms with Gasteiger partial charge in [0.05, 0.1) is 11.4 Å². The summed E-state index contributed by atoms with van der Waals surface area (Å²) in [5.41, 5.74) is 1.62. The topological polar surface area (TPSA) is 67.2 Å². The Hall–Kier alpha value is -2.63. The van der Waals surface area contributed by atoms with Crippen LogP contribution in [0.25, 0.3) is 5.69 Å². The molecule has 0 unspecified atom stereocenters. The second kappa shape index (κ2) is 8.39. The summed E-state index contributed by atoms with van der Waals surface area (Å²) in [7, 11) is 0. The van der Waals surface area contributed by atoms with Gasteiger partial charge in [-0.15, -0.1) is 0 Å². The second-order valence-electron chi connectivity index (χ2n) is 9.15. The molecule has 0 aliphatic heterocycles. The van der Waals surface area contributed by atoms with Crippen LogP contribution in [0.5, 0.6) is 0 Å². The number of para-hydroxylation sites is 1. The number of nitrogens with one attached hydrogen (secondary N) is 1. The molecule has 1 aliphatic carbocycles. The molecule has 1 aliphatic rings. The molecule has 2 aromatic rings. The Kier molecular flexibility index (Phi) is 6.10. The molecule has 1 fully saturated rings. The molecule has 0 bridgehead atoms. The largest absolute Gasteiger partial charge is 0.331 e. The predicted octanol–water partition coefficient (Wildman–Crippen LogP) is 4.15. The van der Waals surface area contributed by atoms with E-state index in [4.69, 9.17) is 5.10 Å². The number of amides is 2. The minimum atomic E-state index is -0.205. The van der Waals surface area contributed by atoms with E-state index in [0.29, 0.717) is 5.82 Å². The van der Waals surface area contributed by atoms with E-state index < -0.39 is 0 Å². The summed E-state index contributed by atoms with van der Waals surface area (Å²) in [4.78, 5) is 27.3. The van der Waals surface area contributed by atoms with Gasteiger partial charge in [-0.25, -0.2) is 4.68 Å². The first-order valence-corrected chi connectivity index (χ1v) is 10.4. The first-order valence-electron chi connectivity index (χ1n) is 10.4. The van der Waals surface area contributed by atoms with Crippen LogP contribution in [-0.2, 0) is 15.0 Å². The van der Waals surface area contributed by atoms with E-state index in [9.17, 15) is 9.59 Å². The van der Waals surface area contributed by atoms with Gasteiger partial charge in [-0.05, 0) is 38.8 Å². The highest BCUT2D eigenvalue weighted by Gasteiger charge is 2.32. The van der Waals surface area contributed by atoms with E-state index in [1.54, 1.807) is 9.58 Å². The SMILES string of the molecule is CC(C)N(CC(=O)Nc1cc(C(C)(C)C)nn1-c1ccccc1)C(=O)C1CCC1. The number of hydrogen-bond acceptors (Lipinski definition) is 3. The van der Waals surface area contributed by atoms with Gasteiger partial charge in [-0.1, -0.05) is 45.4 Å². The van der Waals surface area contributed by atoms with E-state index >= 15 is 0 Å². The lowest BCUT2D eigenvalue weighted by Gasteiger charge is -2.33. The lowest BCUT2D eigenvalue weighted by atomic mass is 9.84. The summed E-state index contributed by atoms with van der Waals surface area (Å²) >= 11 is 0. The van der Waals surface area contributed by atoms with Gasteiger partial charge in [0.15, 0.2) is 0 Å². The molecule has 29 heavy (non-hydrogen) atoms. The number of anilines is 1. The summed E-state index contributed by atoms with van der Waals surface area (Å²) in [5.74, 6) is 0.579. The first kappa shape index (κ1) is 21.1. The van der Waals surface area contributed by atoms with Gasteiger partial charge in [0.2, 0.25) is 11.8 Å². The molecule has 1 aromatic heterocycles. The minimum Gasteiger partial charge on any atom is -0.331 e. The Morgan fingerprint density at radius 2 is 1.86 bits per heavy atom. The van der Waals surface area contributed by atoms with Crippen LogP contribution in [0.1, 0.15) is 59.6 Å². The molecule has 6 nitrogen and oxygen atoms in total. The number of rotatable bonds is 6. The van der Waals surface area contributed by atoms with E-state index in [-0.39, 0.29) is 35.7 Å². The molecule has 2 amide bonds. The van der Waals surface area contributed by atoms with Gasteiger partial charge in [0.25, 0.3) is 0 Å². The maximum absolute atomic E-state index is 12.9. The molecule has 0 saturated heterocycles. The van der Waals surface area contributed by atoms with Crippen LogP contribution in [0.2, 0.25) is 0 Å². The smallest absolute Gasteiger partial charge is 0.245 e. The second-order valence-corrected chi connectivity index (χ2v) is 9.15. The zero-order chi connectivity index (χ0) is 21.2. The van der Waals surface area contributed by atoms with Crippen LogP contribution >= 0.6 is 0 Å². The van der Waals surface area contributed by atoms with Crippen molar-refractivity contribution in [3.05, 3.63) is 42.1 Å². The molecule has 1 saturated carbocycles. The third-order valence-electron chi connectivity index (χ3n) is 5.42. The zero-order valence-electron chi connectivity index (χ0n) is 18.1. The number of hydrogen-bond donors (Lipinski definition) is 1. The lowest BCUT2D eigenvalue weighted by Crippen LogP contribution is -2.46. The van der Waals surface area contributed by atoms with Crippen LogP contribution < -0.4 is 5.32 Å². The number of carbonyl (C=O) groups excluding carboxylic acids is 2. The summed E-state index contributed by atoms with van der Waals surface area (Å²) in [6.45, 7) is 10.2. The average molecular weight is 397 g/mol. The highest BCUT2D eigenvalue weighted by atomic mass is 16.2. The van der Waals surface area contributed by atoms with Crippen molar-refractivity contribution in [3.8, 4) is 5.69 Å². The van der Waals surface area contributed by atoms with E-state index in [1.165, 1.54) is 0 Å². The molecule has 3 rings (SSSR count). The number of benzene rings is 1. The predicted molar refractivity (Wildman–Crippen MR) is 115 cm³/mol. The Morgan fingerprint density at radius 3 is 2.38 bits per heavy atom. The number of nitrogens with zero attached hydrogens (tertiary/aromatic N) is 3. The quantitative estimate of drug-likeness (QED) is 0.798. The molecule has 0 radical (unpaired) electrons. The normalized spacial score (nSPS) is 14.6. The molecule has 1 N–H and O–H groups in total. The van der Waals surface area contributed by atoms with Crippen molar-refractivity contribution in [2.45, 2.75) is 65.3 Å². The van der Waals surface area contributed by atoms with Gasteiger partial charge < -0.3 is 10.2 Å². The number of aromatic nitrogens is 2. The maximum Gasteiger partial charge on any atom is 0.245 e. The van der Waals surface area contributed by atoms with Gasteiger partial charge in [-0.3, -0.25) is 9.59 Å². The lowest BCUT2D eigenvalue weighted by molar-refractivity contribution is -0.142. The average Bonchev–Trinajstić information content (AvgIpc) is 3.02. The first-order chi connectivity index (χ1) is 13.7. The van der Waals surface area contributed by atoms with Crippen LogP contribution in [0, 0.1) is 5.92 Å². The zero-order valence-corrected chi connectivity index (χ0v) is 18.1. The Bertz CT molecular complexity index is 861. The van der Waals surface area contributed by atoms with Gasteiger partial charge in [-0.2, -0.15) is 5.10 Å². The molecule has 0 atom stereocenters. The Labute approximate surface area is 173 Å². The molecule has 6 heteroatoms. The van der Waals surface area contributed by atoms with E-state index in [1.807, 2.05) is 50.2 Å². The highest BCUT2D eigenvalue weighted by Crippen LogP contribution is 2.29. The standard InChI is InChI=1S/C23H32N4O2/c1-16(2)26(22(29)17-10-9-11-17)15-21(28)24-20-14-19(23(3,4)5)25-27(20)18-12-7-6-8-13-18/h6-8,12-14,16-17H,9-11,15H2,1-5H3,(H,24,28). The van der Waals surface area contributed by atoms with Crippen molar-refractivity contribution in [1.29, 1.82) is 0 Å². The molecular weight excluding hydrogens is 364 g/mol. The third-order valence-corrected chi connectivity index (χ3v) is 5.42. The van der Waals surface area contributed by atoms with Gasteiger partial charge in [0, 0.05) is 23.4 Å². The summed E-state index contributed by atoms with van der Waals surface area (Å²) < 4.78 is 1.76. The monoisotopic (exact) mass is 396 g/mol. The van der Waals surface area contributed by atoms with Gasteiger partial charge in [0.1, 0.15) is 12.4 Å². The fourth-order valence-electron chi connectivity index (χ4n) is 3.34. The maximum atomic E-state index is 12.9. The Morgan fingerprint density at radius 1 is 1.21 bits per heavy atom. The molecule has 156 valence electrons. The minimum absolute atomic E-state index is 0.0157. The van der Waals surface area contributed by atoms with Crippen LogP contribution in [0.3, 0.4) is 0 Å². The van der Waals surface area contributed by atoms with Crippen LogP contribution in [-0.4, -0.2) is 39.1 Å². The molecular formula is C23H32N4O2. The van der Waals surface area contributed by atoms with Crippen molar-refractivity contribution in [2.24, 2.45) is 5.92 Å². The highest BCUT2D eigenvalue weighted by molar-refractivity contribution is 5.94. The van der Waals surface area contributed by atoms with Crippen molar-refractivity contribution in [2.75, 3.05) is 11.9 Å². The summed E-state index contributed by atoms with van der Waals surface area (Å²) in [6, 6.07) is 11.6. The fourth-order valence-corrected chi connectivity index (χ4v) is 3.34. The Balaban J connectivity index is 1.81. The fraction of sp³-hybridized carbons (Fsp3) is 0.522. The van der Waals surface area contributed by atoms with Gasteiger partial charge >= 0.3 is 0 Å². The summed E-state index contributed by atoms with van der Waals surface area (Å²) in [6.07, 6.45) is 2.96. The number of carbonyl (C=O) groups is 2.